The lowest BCUT2D eigenvalue weighted by atomic mass is 9.95. The number of benzene rings is 1. The van der Waals surface area contributed by atoms with Gasteiger partial charge >= 0.3 is 0 Å². The van der Waals surface area contributed by atoms with Gasteiger partial charge in [-0.15, -0.1) is 0 Å². The van der Waals surface area contributed by atoms with Crippen molar-refractivity contribution in [3.63, 3.8) is 0 Å². The number of hydrogen-bond acceptors (Lipinski definition) is 5. The van der Waals surface area contributed by atoms with Crippen LogP contribution in [0.1, 0.15) is 23.7 Å². The number of amides is 2. The first kappa shape index (κ1) is 21.2. The van der Waals surface area contributed by atoms with Crippen LogP contribution in [-0.2, 0) is 28.9 Å². The van der Waals surface area contributed by atoms with Gasteiger partial charge < -0.3 is 20.3 Å². The zero-order valence-corrected chi connectivity index (χ0v) is 18.9. The maximum Gasteiger partial charge on any atom is 0.264 e. The summed E-state index contributed by atoms with van der Waals surface area (Å²) >= 11 is 6.50. The average molecular weight is 455 g/mol. The van der Waals surface area contributed by atoms with Crippen LogP contribution in [0, 0.1) is 5.92 Å². The third-order valence-electron chi connectivity index (χ3n) is 6.55. The van der Waals surface area contributed by atoms with E-state index in [-0.39, 0.29) is 11.8 Å². The summed E-state index contributed by atoms with van der Waals surface area (Å²) in [4.78, 5) is 30.9. The van der Waals surface area contributed by atoms with Gasteiger partial charge in [0.2, 0.25) is 5.91 Å². The molecule has 0 saturated carbocycles. The van der Waals surface area contributed by atoms with Crippen LogP contribution in [0.2, 0.25) is 5.02 Å². The average Bonchev–Trinajstić information content (AvgIpc) is 3.41. The first-order valence-electron chi connectivity index (χ1n) is 11.2. The van der Waals surface area contributed by atoms with Gasteiger partial charge in [-0.25, -0.2) is 0 Å². The van der Waals surface area contributed by atoms with E-state index in [0.717, 1.165) is 54.1 Å². The Bertz CT molecular complexity index is 1070. The number of rotatable bonds is 4. The number of piperazine rings is 1. The molecule has 8 heteroatoms. The van der Waals surface area contributed by atoms with Crippen molar-refractivity contribution in [1.82, 2.24) is 20.5 Å². The van der Waals surface area contributed by atoms with E-state index in [2.05, 4.69) is 15.6 Å². The van der Waals surface area contributed by atoms with Crippen molar-refractivity contribution in [2.75, 3.05) is 32.7 Å². The Hall–Kier alpha value is -2.64. The van der Waals surface area contributed by atoms with E-state index < -0.39 is 6.10 Å². The van der Waals surface area contributed by atoms with Crippen molar-refractivity contribution < 1.29 is 14.3 Å². The van der Waals surface area contributed by atoms with Crippen LogP contribution in [0.5, 0.6) is 5.75 Å². The highest BCUT2D eigenvalue weighted by atomic mass is 35.5. The van der Waals surface area contributed by atoms with Crippen molar-refractivity contribution in [1.29, 1.82) is 0 Å². The smallest absolute Gasteiger partial charge is 0.264 e. The minimum absolute atomic E-state index is 0.0182. The second-order valence-electron chi connectivity index (χ2n) is 8.82. The highest BCUT2D eigenvalue weighted by Crippen LogP contribution is 2.44. The van der Waals surface area contributed by atoms with Crippen molar-refractivity contribution in [2.45, 2.75) is 32.3 Å². The molecule has 2 aliphatic heterocycles. The second-order valence-corrected chi connectivity index (χ2v) is 9.26. The van der Waals surface area contributed by atoms with Crippen LogP contribution < -0.4 is 15.4 Å². The Balaban J connectivity index is 1.43. The van der Waals surface area contributed by atoms with Gasteiger partial charge in [0.05, 0.1) is 0 Å². The molecule has 1 aromatic heterocycles. The van der Waals surface area contributed by atoms with E-state index in [9.17, 15) is 9.59 Å². The summed E-state index contributed by atoms with van der Waals surface area (Å²) < 4.78 is 6.28. The van der Waals surface area contributed by atoms with Crippen LogP contribution in [0.3, 0.4) is 0 Å². The number of carbonyl (C=O) groups excluding carboxylic acids is 2. The number of hydrogen-bond donors (Lipinski definition) is 2. The van der Waals surface area contributed by atoms with Gasteiger partial charge in [-0.1, -0.05) is 11.6 Å². The number of halogens is 1. The molecule has 1 aliphatic carbocycles. The summed E-state index contributed by atoms with van der Waals surface area (Å²) in [6, 6.07) is 5.83. The number of nitrogens with one attached hydrogen (secondary N) is 2. The molecule has 2 amide bonds. The van der Waals surface area contributed by atoms with Gasteiger partial charge in [-0.3, -0.25) is 14.6 Å². The molecule has 3 aliphatic rings. The van der Waals surface area contributed by atoms with Gasteiger partial charge in [-0.05, 0) is 48.1 Å². The molecular formula is C24H27ClN4O3. The summed E-state index contributed by atoms with van der Waals surface area (Å²) in [6.07, 6.45) is 3.51. The summed E-state index contributed by atoms with van der Waals surface area (Å²) in [7, 11) is 0. The topological polar surface area (TPSA) is 83.6 Å². The molecule has 168 valence electrons. The largest absolute Gasteiger partial charge is 0.479 e. The van der Waals surface area contributed by atoms with E-state index in [0.29, 0.717) is 37.0 Å². The fourth-order valence-corrected chi connectivity index (χ4v) is 5.25. The standard InChI is InChI=1S/C24H27ClN4O3/c1-14(30)28-13-15-8-19-18(2-3-27-21(19)9-15)20-12-17(25)10-16-11-22(32-23(16)20)24(31)29-6-4-26-5-7-29/h2-3,10,12,15,22,26H,4-9,11,13H2,1H3,(H,28,30)/t15?,22-/m1/s1. The zero-order chi connectivity index (χ0) is 22.2. The van der Waals surface area contributed by atoms with Crippen LogP contribution in [0.15, 0.2) is 24.4 Å². The summed E-state index contributed by atoms with van der Waals surface area (Å²) in [5.41, 5.74) is 5.17. The number of pyridine rings is 1. The van der Waals surface area contributed by atoms with Gasteiger partial charge in [-0.2, -0.15) is 0 Å². The Kier molecular flexibility index (Phi) is 5.78. The Morgan fingerprint density at radius 2 is 2.03 bits per heavy atom. The van der Waals surface area contributed by atoms with Crippen molar-refractivity contribution >= 4 is 23.4 Å². The normalized spacial score (nSPS) is 21.6. The maximum atomic E-state index is 13.1. The Morgan fingerprint density at radius 3 is 2.81 bits per heavy atom. The molecule has 0 radical (unpaired) electrons. The van der Waals surface area contributed by atoms with Gasteiger partial charge in [0.1, 0.15) is 5.75 Å². The Morgan fingerprint density at radius 1 is 1.22 bits per heavy atom. The van der Waals surface area contributed by atoms with E-state index in [4.69, 9.17) is 16.3 Å². The molecule has 5 rings (SSSR count). The molecule has 7 nitrogen and oxygen atoms in total. The molecule has 1 saturated heterocycles. The molecule has 2 aromatic rings. The minimum Gasteiger partial charge on any atom is -0.479 e. The predicted molar refractivity (Wildman–Crippen MR) is 122 cm³/mol. The van der Waals surface area contributed by atoms with Crippen molar-refractivity contribution in [3.8, 4) is 16.9 Å². The maximum absolute atomic E-state index is 13.1. The summed E-state index contributed by atoms with van der Waals surface area (Å²) in [5, 5.41) is 6.83. The van der Waals surface area contributed by atoms with Gasteiger partial charge in [0.25, 0.3) is 5.91 Å². The quantitative estimate of drug-likeness (QED) is 0.738. The van der Waals surface area contributed by atoms with Gasteiger partial charge in [0, 0.05) is 74.1 Å². The molecule has 2 atom stereocenters. The molecule has 1 unspecified atom stereocenters. The lowest BCUT2D eigenvalue weighted by Crippen LogP contribution is -2.50. The van der Waals surface area contributed by atoms with Crippen LogP contribution in [0.4, 0.5) is 0 Å². The lowest BCUT2D eigenvalue weighted by Gasteiger charge is -2.29. The molecular weight excluding hydrogens is 428 g/mol. The third-order valence-corrected chi connectivity index (χ3v) is 6.77. The van der Waals surface area contributed by atoms with E-state index in [1.807, 2.05) is 29.3 Å². The molecule has 32 heavy (non-hydrogen) atoms. The van der Waals surface area contributed by atoms with Crippen molar-refractivity contribution in [3.05, 3.63) is 46.2 Å². The summed E-state index contributed by atoms with van der Waals surface area (Å²) in [6.45, 7) is 5.20. The summed E-state index contributed by atoms with van der Waals surface area (Å²) in [5.74, 6) is 1.09. The van der Waals surface area contributed by atoms with Crippen molar-refractivity contribution in [2.24, 2.45) is 5.92 Å². The Labute approximate surface area is 192 Å². The molecule has 1 aromatic carbocycles. The molecule has 2 N–H and O–H groups in total. The monoisotopic (exact) mass is 454 g/mol. The first-order valence-corrected chi connectivity index (χ1v) is 11.6. The SMILES string of the molecule is CC(=O)NCC1Cc2nccc(-c3cc(Cl)cc4c3O[C@@H](C(=O)N3CCNCC3)C4)c2C1. The van der Waals surface area contributed by atoms with Gasteiger partial charge in [0.15, 0.2) is 6.10 Å². The predicted octanol–water partition coefficient (Wildman–Crippen LogP) is 1.99. The van der Waals surface area contributed by atoms with E-state index in [1.54, 1.807) is 0 Å². The highest BCUT2D eigenvalue weighted by molar-refractivity contribution is 6.31. The zero-order valence-electron chi connectivity index (χ0n) is 18.1. The fraction of sp³-hybridized carbons (Fsp3) is 0.458. The molecule has 0 spiro atoms. The number of fused-ring (bicyclic) bond motifs is 2. The molecule has 3 heterocycles. The lowest BCUT2D eigenvalue weighted by molar-refractivity contribution is -0.138. The van der Waals surface area contributed by atoms with Crippen LogP contribution >= 0.6 is 11.6 Å². The second kappa shape index (κ2) is 8.71. The number of ether oxygens (including phenoxy) is 1. The molecule has 0 bridgehead atoms. The fourth-order valence-electron chi connectivity index (χ4n) is 5.01. The van der Waals surface area contributed by atoms with E-state index in [1.165, 1.54) is 12.5 Å². The molecule has 1 fully saturated rings. The third kappa shape index (κ3) is 4.07. The van der Waals surface area contributed by atoms with Crippen LogP contribution in [-0.4, -0.2) is 60.5 Å². The van der Waals surface area contributed by atoms with Crippen LogP contribution in [0.25, 0.3) is 11.1 Å². The van der Waals surface area contributed by atoms with E-state index >= 15 is 0 Å². The number of aromatic nitrogens is 1. The number of carbonyl (C=O) groups is 2. The highest BCUT2D eigenvalue weighted by Gasteiger charge is 2.36. The number of nitrogens with zero attached hydrogens (tertiary/aromatic N) is 2. The minimum atomic E-state index is -0.511. The first-order chi connectivity index (χ1) is 15.5.